The maximum atomic E-state index is 10.9. The van der Waals surface area contributed by atoms with Crippen molar-refractivity contribution in [3.63, 3.8) is 0 Å². The molecule has 31 heavy (non-hydrogen) atoms. The molecule has 0 saturated carbocycles. The smallest absolute Gasteiger partial charge is 0.387 e. The van der Waals surface area contributed by atoms with Gasteiger partial charge in [-0.1, -0.05) is 34.1 Å². The molecule has 0 spiro atoms. The van der Waals surface area contributed by atoms with Crippen LogP contribution in [0.2, 0.25) is 0 Å². The number of benzene rings is 1. The Hall–Kier alpha value is -1.96. The van der Waals surface area contributed by atoms with E-state index in [1.165, 1.54) is 17.2 Å². The fraction of sp³-hybridized carbons (Fsp3) is 0.353. The van der Waals surface area contributed by atoms with Crippen molar-refractivity contribution in [1.82, 2.24) is 19.5 Å². The molecule has 5 N–H and O–H groups in total. The number of aliphatic hydroxyl groups is 2. The van der Waals surface area contributed by atoms with Crippen molar-refractivity contribution in [3.05, 3.63) is 47.0 Å². The summed E-state index contributed by atoms with van der Waals surface area (Å²) in [6.07, 6.45) is -2.35. The second kappa shape index (κ2) is 8.88. The van der Waals surface area contributed by atoms with Crippen LogP contribution in [0.3, 0.4) is 0 Å². The second-order valence-corrected chi connectivity index (χ2v) is 8.92. The third-order valence-corrected chi connectivity index (χ3v) is 6.04. The van der Waals surface area contributed by atoms with E-state index in [2.05, 4.69) is 40.7 Å². The summed E-state index contributed by atoms with van der Waals surface area (Å²) >= 11 is 3.49. The Labute approximate surface area is 184 Å². The molecule has 166 valence electrons. The summed E-state index contributed by atoms with van der Waals surface area (Å²) < 4.78 is 23.3. The predicted octanol–water partition coefficient (Wildman–Crippen LogP) is 0.929. The zero-order valence-corrected chi connectivity index (χ0v) is 18.3. The molecule has 4 atom stereocenters. The Morgan fingerprint density at radius 1 is 1.19 bits per heavy atom. The van der Waals surface area contributed by atoms with Crippen molar-refractivity contribution in [1.29, 1.82) is 0 Å². The van der Waals surface area contributed by atoms with Gasteiger partial charge in [0.2, 0.25) is 0 Å². The van der Waals surface area contributed by atoms with Gasteiger partial charge in [-0.05, 0) is 11.6 Å². The average Bonchev–Trinajstić information content (AvgIpc) is 3.27. The zero-order chi connectivity index (χ0) is 22.2. The lowest BCUT2D eigenvalue weighted by Gasteiger charge is -2.16. The monoisotopic (exact) mass is 515 g/mol. The van der Waals surface area contributed by atoms with E-state index in [0.717, 1.165) is 10.0 Å². The largest absolute Gasteiger partial charge is 0.469 e. The van der Waals surface area contributed by atoms with Crippen molar-refractivity contribution >= 4 is 40.7 Å². The van der Waals surface area contributed by atoms with Crippen LogP contribution in [0.1, 0.15) is 11.8 Å². The van der Waals surface area contributed by atoms with Gasteiger partial charge in [-0.15, -0.1) is 0 Å². The Balaban J connectivity index is 1.55. The van der Waals surface area contributed by atoms with Gasteiger partial charge >= 0.3 is 7.82 Å². The van der Waals surface area contributed by atoms with Crippen LogP contribution < -0.4 is 5.32 Å². The number of nitrogens with zero attached hydrogens (tertiary/aromatic N) is 4. The molecule has 1 aromatic carbocycles. The molecule has 0 amide bonds. The molecule has 1 aliphatic heterocycles. The van der Waals surface area contributed by atoms with Gasteiger partial charge in [-0.2, -0.15) is 0 Å². The number of hydrogen-bond donors (Lipinski definition) is 5. The lowest BCUT2D eigenvalue weighted by molar-refractivity contribution is -0.0504. The van der Waals surface area contributed by atoms with E-state index in [4.69, 9.17) is 14.5 Å². The Morgan fingerprint density at radius 2 is 1.97 bits per heavy atom. The lowest BCUT2D eigenvalue weighted by Crippen LogP contribution is -2.33. The van der Waals surface area contributed by atoms with Gasteiger partial charge in [0.1, 0.15) is 24.6 Å². The maximum Gasteiger partial charge on any atom is 0.469 e. The van der Waals surface area contributed by atoms with E-state index >= 15 is 0 Å². The first-order valence-electron chi connectivity index (χ1n) is 9.11. The second-order valence-electron chi connectivity index (χ2n) is 6.82. The molecule has 12 nitrogen and oxygen atoms in total. The van der Waals surface area contributed by atoms with E-state index in [9.17, 15) is 14.8 Å². The van der Waals surface area contributed by atoms with Crippen LogP contribution in [0.5, 0.6) is 0 Å². The Bertz CT molecular complexity index is 1130. The number of phosphoric acid groups is 1. The third kappa shape index (κ3) is 4.78. The fourth-order valence-electron chi connectivity index (χ4n) is 3.26. The first kappa shape index (κ1) is 22.2. The normalized spacial score (nSPS) is 24.0. The number of aliphatic hydroxyl groups excluding tert-OH is 2. The van der Waals surface area contributed by atoms with Gasteiger partial charge in [0.05, 0.1) is 12.9 Å². The molecule has 0 aliphatic carbocycles. The van der Waals surface area contributed by atoms with Gasteiger partial charge in [-0.3, -0.25) is 9.09 Å². The van der Waals surface area contributed by atoms with Gasteiger partial charge in [0.15, 0.2) is 23.2 Å². The SMILES string of the molecule is O=P(O)(O)OC[C@H]1O[C@@H](n2cnc3c(NCc4ccccc4Br)ncnc32)[C@H](O)[C@@H]1O. The summed E-state index contributed by atoms with van der Waals surface area (Å²) in [5.74, 6) is 0.467. The summed E-state index contributed by atoms with van der Waals surface area (Å²) in [6, 6.07) is 7.72. The Morgan fingerprint density at radius 3 is 2.71 bits per heavy atom. The number of halogens is 1. The van der Waals surface area contributed by atoms with E-state index in [1.807, 2.05) is 24.3 Å². The molecule has 4 rings (SSSR count). The van der Waals surface area contributed by atoms with Crippen LogP contribution in [-0.2, 0) is 20.4 Å². The van der Waals surface area contributed by atoms with Crippen LogP contribution in [0.25, 0.3) is 11.2 Å². The summed E-state index contributed by atoms with van der Waals surface area (Å²) in [5, 5.41) is 23.8. The number of anilines is 1. The number of phosphoric ester groups is 1. The minimum absolute atomic E-state index is 0.345. The summed E-state index contributed by atoms with van der Waals surface area (Å²) in [7, 11) is -4.75. The number of hydrogen-bond acceptors (Lipinski definition) is 9. The molecule has 0 radical (unpaired) electrons. The highest BCUT2D eigenvalue weighted by atomic mass is 79.9. The van der Waals surface area contributed by atoms with Gasteiger partial charge in [-0.25, -0.2) is 19.5 Å². The van der Waals surface area contributed by atoms with Crippen LogP contribution >= 0.6 is 23.8 Å². The molecule has 2 aromatic heterocycles. The van der Waals surface area contributed by atoms with E-state index < -0.39 is 39.0 Å². The number of aromatic nitrogens is 4. The standard InChI is InChI=1S/C17H19BrN5O7P/c18-10-4-2-1-3-9(10)5-19-15-12-16(21-7-20-15)23(8-22-12)17-14(25)13(24)11(30-17)6-29-31(26,27)28/h1-4,7-8,11,13-14,17,24-25H,5-6H2,(H,19,20,21)(H2,26,27,28)/t11-,13-,14-,17-/m1/s1. The van der Waals surface area contributed by atoms with E-state index in [-0.39, 0.29) is 0 Å². The molecule has 0 unspecified atom stereocenters. The highest BCUT2D eigenvalue weighted by Gasteiger charge is 2.45. The zero-order valence-electron chi connectivity index (χ0n) is 15.8. The van der Waals surface area contributed by atoms with E-state index in [1.54, 1.807) is 0 Å². The first-order valence-corrected chi connectivity index (χ1v) is 11.4. The van der Waals surface area contributed by atoms with Gasteiger partial charge in [0.25, 0.3) is 0 Å². The van der Waals surface area contributed by atoms with Crippen molar-refractivity contribution < 1.29 is 33.8 Å². The summed E-state index contributed by atoms with van der Waals surface area (Å²) in [6.45, 7) is -0.122. The lowest BCUT2D eigenvalue weighted by atomic mass is 10.1. The number of imidazole rings is 1. The molecule has 14 heteroatoms. The molecule has 1 fully saturated rings. The molecular formula is C17H19BrN5O7P. The molecule has 1 aliphatic rings. The van der Waals surface area contributed by atoms with Crippen molar-refractivity contribution in [3.8, 4) is 0 Å². The van der Waals surface area contributed by atoms with Crippen LogP contribution in [0, 0.1) is 0 Å². The van der Waals surface area contributed by atoms with Crippen molar-refractivity contribution in [2.75, 3.05) is 11.9 Å². The highest BCUT2D eigenvalue weighted by Crippen LogP contribution is 2.39. The van der Waals surface area contributed by atoms with Crippen molar-refractivity contribution in [2.24, 2.45) is 0 Å². The van der Waals surface area contributed by atoms with Crippen LogP contribution in [-0.4, -0.2) is 64.4 Å². The molecule has 0 bridgehead atoms. The predicted molar refractivity (Wildman–Crippen MR) is 111 cm³/mol. The highest BCUT2D eigenvalue weighted by molar-refractivity contribution is 9.10. The maximum absolute atomic E-state index is 10.9. The summed E-state index contributed by atoms with van der Waals surface area (Å²) in [5.41, 5.74) is 1.78. The minimum atomic E-state index is -4.75. The summed E-state index contributed by atoms with van der Waals surface area (Å²) in [4.78, 5) is 30.4. The molecule has 1 saturated heterocycles. The van der Waals surface area contributed by atoms with Gasteiger partial charge < -0.3 is 30.1 Å². The topological polar surface area (TPSA) is 172 Å². The van der Waals surface area contributed by atoms with Crippen LogP contribution in [0.4, 0.5) is 5.82 Å². The molecule has 3 aromatic rings. The van der Waals surface area contributed by atoms with Crippen molar-refractivity contribution in [2.45, 2.75) is 31.1 Å². The average molecular weight is 516 g/mol. The molecule has 3 heterocycles. The number of fused-ring (bicyclic) bond motifs is 1. The van der Waals surface area contributed by atoms with Crippen LogP contribution in [0.15, 0.2) is 41.4 Å². The number of nitrogens with one attached hydrogen (secondary N) is 1. The fourth-order valence-corrected chi connectivity index (χ4v) is 4.02. The van der Waals surface area contributed by atoms with E-state index in [0.29, 0.717) is 23.5 Å². The third-order valence-electron chi connectivity index (χ3n) is 4.78. The number of ether oxygens (including phenoxy) is 1. The van der Waals surface area contributed by atoms with Gasteiger partial charge in [0, 0.05) is 11.0 Å². The minimum Gasteiger partial charge on any atom is -0.387 e. The number of rotatable bonds is 7. The quantitative estimate of drug-likeness (QED) is 0.283. The molecular weight excluding hydrogens is 497 g/mol. The Kier molecular flexibility index (Phi) is 6.37. The first-order chi connectivity index (χ1) is 14.7.